The van der Waals surface area contributed by atoms with Crippen molar-refractivity contribution < 1.29 is 9.53 Å². The van der Waals surface area contributed by atoms with E-state index in [4.69, 9.17) is 4.74 Å². The predicted molar refractivity (Wildman–Crippen MR) is 155 cm³/mol. The summed E-state index contributed by atoms with van der Waals surface area (Å²) in [5.41, 5.74) is 5.70. The Hall–Kier alpha value is -4.83. The van der Waals surface area contributed by atoms with Crippen LogP contribution in [0.3, 0.4) is 0 Å². The molecule has 9 nitrogen and oxygen atoms in total. The number of ether oxygens (including phenoxy) is 1. The summed E-state index contributed by atoms with van der Waals surface area (Å²) in [5, 5.41) is 8.84. The Bertz CT molecular complexity index is 2020. The summed E-state index contributed by atoms with van der Waals surface area (Å²) < 4.78 is 10.7. The molecule has 0 saturated heterocycles. The van der Waals surface area contributed by atoms with Gasteiger partial charge in [0.1, 0.15) is 11.3 Å². The molecule has 0 radical (unpaired) electrons. The highest BCUT2D eigenvalue weighted by atomic mass is 79.9. The van der Waals surface area contributed by atoms with Gasteiger partial charge in [-0.1, -0.05) is 39.3 Å². The lowest BCUT2D eigenvalue weighted by Gasteiger charge is -2.33. The molecule has 1 aliphatic heterocycles. The number of aromatic nitrogens is 5. The Morgan fingerprint density at radius 3 is 2.70 bits per heavy atom. The third kappa shape index (κ3) is 3.95. The zero-order valence-corrected chi connectivity index (χ0v) is 22.9. The van der Waals surface area contributed by atoms with Gasteiger partial charge in [0.15, 0.2) is 12.2 Å². The number of para-hydroxylation sites is 1. The van der Waals surface area contributed by atoms with Gasteiger partial charge in [-0.2, -0.15) is 0 Å². The summed E-state index contributed by atoms with van der Waals surface area (Å²) in [6.45, 7) is 1.59. The zero-order valence-electron chi connectivity index (χ0n) is 21.3. The second-order valence-corrected chi connectivity index (χ2v) is 10.5. The minimum Gasteiger partial charge on any atom is -0.471 e. The van der Waals surface area contributed by atoms with Gasteiger partial charge < -0.3 is 9.30 Å². The maximum Gasteiger partial charge on any atom is 0.228 e. The Labute approximate surface area is 236 Å². The number of rotatable bonds is 5. The van der Waals surface area contributed by atoms with Crippen LogP contribution in [-0.2, 0) is 17.9 Å². The largest absolute Gasteiger partial charge is 0.471 e. The molecule has 4 heterocycles. The summed E-state index contributed by atoms with van der Waals surface area (Å²) in [5.74, 6) is 0.257. The Kier molecular flexibility index (Phi) is 5.71. The van der Waals surface area contributed by atoms with Crippen LogP contribution in [0.2, 0.25) is 0 Å². The van der Waals surface area contributed by atoms with E-state index in [0.717, 1.165) is 26.8 Å². The van der Waals surface area contributed by atoms with Crippen molar-refractivity contribution in [2.75, 3.05) is 4.90 Å². The molecule has 1 aliphatic rings. The van der Waals surface area contributed by atoms with Gasteiger partial charge in [-0.05, 0) is 48.0 Å². The van der Waals surface area contributed by atoms with Gasteiger partial charge in [-0.15, -0.1) is 5.10 Å². The zero-order chi connectivity index (χ0) is 27.4. The summed E-state index contributed by atoms with van der Waals surface area (Å²) in [6.07, 6.45) is 5.75. The molecule has 0 unspecified atom stereocenters. The van der Waals surface area contributed by atoms with Crippen LogP contribution in [-0.4, -0.2) is 30.5 Å². The molecule has 0 bridgehead atoms. The first-order valence-corrected chi connectivity index (χ1v) is 13.4. The molecule has 3 aromatic carbocycles. The lowest BCUT2D eigenvalue weighted by Crippen LogP contribution is -2.29. The first-order chi connectivity index (χ1) is 19.5. The summed E-state index contributed by atoms with van der Waals surface area (Å²) >= 11 is 3.55. The van der Waals surface area contributed by atoms with E-state index in [1.807, 2.05) is 65.4 Å². The molecule has 0 saturated carbocycles. The summed E-state index contributed by atoms with van der Waals surface area (Å²) in [7, 11) is 0. The number of amides is 1. The van der Waals surface area contributed by atoms with Crippen molar-refractivity contribution in [2.24, 2.45) is 0 Å². The van der Waals surface area contributed by atoms with Gasteiger partial charge >= 0.3 is 0 Å². The quantitative estimate of drug-likeness (QED) is 0.262. The number of halogens is 1. The fraction of sp³-hybridized carbons (Fsp3) is 0.100. The molecule has 0 N–H and O–H groups in total. The van der Waals surface area contributed by atoms with Gasteiger partial charge in [-0.25, -0.2) is 4.68 Å². The van der Waals surface area contributed by atoms with Crippen molar-refractivity contribution in [3.05, 3.63) is 111 Å². The Balaban J connectivity index is 1.43. The molecule has 1 amide bonds. The van der Waals surface area contributed by atoms with Crippen LogP contribution in [0.5, 0.6) is 5.75 Å². The van der Waals surface area contributed by atoms with E-state index in [2.05, 4.69) is 31.2 Å². The van der Waals surface area contributed by atoms with Gasteiger partial charge in [-0.3, -0.25) is 19.5 Å². The lowest BCUT2D eigenvalue weighted by atomic mass is 10.0. The number of nitrogens with zero attached hydrogens (tertiary/aromatic N) is 6. The van der Waals surface area contributed by atoms with Gasteiger partial charge in [0.25, 0.3) is 0 Å². The highest BCUT2D eigenvalue weighted by Crippen LogP contribution is 2.44. The smallest absolute Gasteiger partial charge is 0.228 e. The topological polar surface area (TPSA) is 95.1 Å². The summed E-state index contributed by atoms with van der Waals surface area (Å²) in [6, 6.07) is 20.7. The van der Waals surface area contributed by atoms with Crippen LogP contribution >= 0.6 is 15.9 Å². The first-order valence-electron chi connectivity index (χ1n) is 12.6. The van der Waals surface area contributed by atoms with Crippen LogP contribution in [0.25, 0.3) is 27.6 Å². The van der Waals surface area contributed by atoms with E-state index in [-0.39, 0.29) is 18.1 Å². The second kappa shape index (κ2) is 9.42. The molecule has 0 fully saturated rings. The molecule has 0 spiro atoms. The fourth-order valence-corrected chi connectivity index (χ4v) is 5.61. The van der Waals surface area contributed by atoms with E-state index in [1.165, 1.54) is 6.92 Å². The van der Waals surface area contributed by atoms with Crippen LogP contribution in [0.1, 0.15) is 18.1 Å². The molecule has 0 atom stereocenters. The molecule has 7 rings (SSSR count). The molecular formula is C30H21BrN6O3. The SMILES string of the molecule is CC(=O)N1c2cc(Br)ccc2-n2cc(Cc3cccnc3)c(=O)c3cc(OCn4nnc5ccccc54)cc1c32. The third-order valence-corrected chi connectivity index (χ3v) is 7.50. The number of hydrogen-bond donors (Lipinski definition) is 0. The number of carbonyl (C=O) groups excluding carboxylic acids is 1. The molecule has 40 heavy (non-hydrogen) atoms. The van der Waals surface area contributed by atoms with Crippen molar-refractivity contribution >= 4 is 55.1 Å². The van der Waals surface area contributed by atoms with Crippen molar-refractivity contribution in [1.29, 1.82) is 0 Å². The van der Waals surface area contributed by atoms with E-state index in [0.29, 0.717) is 40.0 Å². The van der Waals surface area contributed by atoms with Crippen LogP contribution < -0.4 is 15.1 Å². The van der Waals surface area contributed by atoms with Crippen LogP contribution in [0.4, 0.5) is 11.4 Å². The van der Waals surface area contributed by atoms with Gasteiger partial charge in [0.05, 0.1) is 33.5 Å². The number of anilines is 2. The molecule has 10 heteroatoms. The summed E-state index contributed by atoms with van der Waals surface area (Å²) in [4.78, 5) is 32.9. The van der Waals surface area contributed by atoms with Gasteiger partial charge in [0, 0.05) is 48.0 Å². The minimum absolute atomic E-state index is 0.0806. The second-order valence-electron chi connectivity index (χ2n) is 9.57. The highest BCUT2D eigenvalue weighted by molar-refractivity contribution is 9.10. The van der Waals surface area contributed by atoms with Gasteiger partial charge in [0.2, 0.25) is 5.91 Å². The first kappa shape index (κ1) is 24.2. The van der Waals surface area contributed by atoms with Crippen molar-refractivity contribution in [1.82, 2.24) is 24.5 Å². The van der Waals surface area contributed by atoms with E-state index in [1.54, 1.807) is 34.1 Å². The Morgan fingerprint density at radius 1 is 1.00 bits per heavy atom. The standard InChI is InChI=1S/C30H21BrN6O3/c1-18(38)37-27-12-21(31)8-9-26(27)35-16-20(11-19-5-4-10-32-15-19)30(39)23-13-22(14-28(37)29(23)35)40-17-36-25-7-3-2-6-24(25)33-34-36/h2-10,12-16H,11,17H2,1H3. The van der Waals surface area contributed by atoms with Crippen molar-refractivity contribution in [2.45, 2.75) is 20.1 Å². The fourth-order valence-electron chi connectivity index (χ4n) is 5.26. The number of benzene rings is 3. The monoisotopic (exact) mass is 592 g/mol. The minimum atomic E-state index is -0.182. The number of fused-ring (bicyclic) bond motifs is 3. The normalized spacial score (nSPS) is 12.1. The average Bonchev–Trinajstić information content (AvgIpc) is 3.37. The third-order valence-electron chi connectivity index (χ3n) is 7.01. The molecule has 3 aromatic heterocycles. The number of pyridine rings is 2. The maximum absolute atomic E-state index is 14.0. The van der Waals surface area contributed by atoms with E-state index in [9.17, 15) is 9.59 Å². The predicted octanol–water partition coefficient (Wildman–Crippen LogP) is 5.52. The molecule has 196 valence electrons. The van der Waals surface area contributed by atoms with E-state index >= 15 is 0 Å². The lowest BCUT2D eigenvalue weighted by molar-refractivity contribution is -0.115. The van der Waals surface area contributed by atoms with E-state index < -0.39 is 0 Å². The number of carbonyl (C=O) groups is 1. The highest BCUT2D eigenvalue weighted by Gasteiger charge is 2.29. The maximum atomic E-state index is 14.0. The van der Waals surface area contributed by atoms with Crippen molar-refractivity contribution in [3.63, 3.8) is 0 Å². The van der Waals surface area contributed by atoms with Crippen LogP contribution in [0, 0.1) is 0 Å². The molecular weight excluding hydrogens is 572 g/mol. The van der Waals surface area contributed by atoms with Crippen LogP contribution in [0.15, 0.2) is 94.6 Å². The number of hydrogen-bond acceptors (Lipinski definition) is 6. The van der Waals surface area contributed by atoms with Crippen molar-refractivity contribution in [3.8, 4) is 11.4 Å². The Morgan fingerprint density at radius 2 is 1.88 bits per heavy atom. The molecule has 6 aromatic rings. The molecule has 0 aliphatic carbocycles. The average molecular weight is 593 g/mol.